The molecule has 0 saturated carbocycles. The van der Waals surface area contributed by atoms with Gasteiger partial charge < -0.3 is 10.2 Å². The Morgan fingerprint density at radius 1 is 1.18 bits per heavy atom. The quantitative estimate of drug-likeness (QED) is 0.289. The van der Waals surface area contributed by atoms with Gasteiger partial charge in [-0.3, -0.25) is 34.5 Å². The summed E-state index contributed by atoms with van der Waals surface area (Å²) < 4.78 is 0. The van der Waals surface area contributed by atoms with Crippen LogP contribution in [-0.4, -0.2) is 45.7 Å². The molecule has 2 heterocycles. The van der Waals surface area contributed by atoms with E-state index < -0.39 is 17.9 Å². The highest BCUT2D eigenvalue weighted by molar-refractivity contribution is 6.05. The van der Waals surface area contributed by atoms with Gasteiger partial charge in [-0.05, 0) is 23.6 Å². The number of benzene rings is 1. The monoisotopic (exact) mass is 388 g/mol. The minimum atomic E-state index is -0.668. The molecule has 1 aromatic carbocycles. The molecule has 3 rings (SSSR count). The second-order valence-electron chi connectivity index (χ2n) is 6.70. The topological polar surface area (TPSA) is 145 Å². The highest BCUT2D eigenvalue weighted by Crippen LogP contribution is 2.28. The maximum atomic E-state index is 12.6. The van der Waals surface area contributed by atoms with Crippen molar-refractivity contribution in [2.75, 3.05) is 0 Å². The summed E-state index contributed by atoms with van der Waals surface area (Å²) in [6.07, 6.45) is 0.317. The van der Waals surface area contributed by atoms with Crippen LogP contribution in [0.1, 0.15) is 47.2 Å². The van der Waals surface area contributed by atoms with E-state index in [9.17, 15) is 24.0 Å². The Labute approximate surface area is 160 Å². The summed E-state index contributed by atoms with van der Waals surface area (Å²) in [5, 5.41) is 13.3. The molecule has 1 fully saturated rings. The van der Waals surface area contributed by atoms with Crippen molar-refractivity contribution < 1.29 is 29.2 Å². The van der Waals surface area contributed by atoms with Gasteiger partial charge in [0.25, 0.3) is 5.91 Å². The van der Waals surface area contributed by atoms with E-state index in [-0.39, 0.29) is 50.1 Å². The summed E-state index contributed by atoms with van der Waals surface area (Å²) in [5.74, 6) is -2.03. The molecule has 1 aromatic rings. The SMILES string of the molecule is O=C(CCC(=O)NCc1ccc2c(c1)CN(C1CCC(=O)NC1=O)C2=O)NO. The molecule has 0 aromatic heterocycles. The maximum Gasteiger partial charge on any atom is 0.255 e. The fourth-order valence-corrected chi connectivity index (χ4v) is 3.31. The molecular formula is C18H20N4O6. The number of piperidine rings is 1. The third-order valence-corrected chi connectivity index (χ3v) is 4.78. The van der Waals surface area contributed by atoms with Crippen molar-refractivity contribution >= 4 is 29.5 Å². The lowest BCUT2D eigenvalue weighted by molar-refractivity contribution is -0.137. The second-order valence-corrected chi connectivity index (χ2v) is 6.70. The normalized spacial score (nSPS) is 18.5. The van der Waals surface area contributed by atoms with E-state index in [0.717, 1.165) is 11.1 Å². The van der Waals surface area contributed by atoms with Crippen molar-refractivity contribution in [1.82, 2.24) is 21.0 Å². The van der Waals surface area contributed by atoms with Gasteiger partial charge in [0.2, 0.25) is 23.6 Å². The molecule has 2 aliphatic heterocycles. The van der Waals surface area contributed by atoms with Crippen LogP contribution in [0.3, 0.4) is 0 Å². The van der Waals surface area contributed by atoms with E-state index in [1.165, 1.54) is 10.4 Å². The molecule has 0 aliphatic carbocycles. The number of fused-ring (bicyclic) bond motifs is 1. The Balaban J connectivity index is 1.60. The molecule has 148 valence electrons. The van der Waals surface area contributed by atoms with Gasteiger partial charge in [-0.15, -0.1) is 0 Å². The zero-order valence-corrected chi connectivity index (χ0v) is 15.0. The lowest BCUT2D eigenvalue weighted by atomic mass is 10.0. The first-order valence-corrected chi connectivity index (χ1v) is 8.85. The minimum absolute atomic E-state index is 0.0564. The summed E-state index contributed by atoms with van der Waals surface area (Å²) in [5.41, 5.74) is 3.49. The third kappa shape index (κ3) is 4.17. The van der Waals surface area contributed by atoms with E-state index >= 15 is 0 Å². The van der Waals surface area contributed by atoms with Crippen LogP contribution in [0, 0.1) is 0 Å². The lowest BCUT2D eigenvalue weighted by Crippen LogP contribution is -2.52. The Morgan fingerprint density at radius 2 is 1.93 bits per heavy atom. The van der Waals surface area contributed by atoms with E-state index in [0.29, 0.717) is 12.0 Å². The molecule has 0 radical (unpaired) electrons. The van der Waals surface area contributed by atoms with Crippen LogP contribution in [-0.2, 0) is 32.3 Å². The van der Waals surface area contributed by atoms with Crippen LogP contribution in [0.4, 0.5) is 0 Å². The van der Waals surface area contributed by atoms with E-state index in [2.05, 4.69) is 10.6 Å². The van der Waals surface area contributed by atoms with Crippen LogP contribution >= 0.6 is 0 Å². The highest BCUT2D eigenvalue weighted by atomic mass is 16.5. The van der Waals surface area contributed by atoms with Crippen molar-refractivity contribution in [1.29, 1.82) is 0 Å². The summed E-state index contributed by atoms with van der Waals surface area (Å²) in [6, 6.07) is 4.49. The molecular weight excluding hydrogens is 368 g/mol. The van der Waals surface area contributed by atoms with Crippen LogP contribution in [0.15, 0.2) is 18.2 Å². The van der Waals surface area contributed by atoms with Gasteiger partial charge in [-0.25, -0.2) is 5.48 Å². The van der Waals surface area contributed by atoms with Crippen LogP contribution in [0.5, 0.6) is 0 Å². The van der Waals surface area contributed by atoms with Crippen LogP contribution < -0.4 is 16.1 Å². The molecule has 28 heavy (non-hydrogen) atoms. The first-order valence-electron chi connectivity index (χ1n) is 8.85. The molecule has 4 N–H and O–H groups in total. The molecule has 0 bridgehead atoms. The Hall–Kier alpha value is -3.27. The fraction of sp³-hybridized carbons (Fsp3) is 0.389. The molecule has 0 spiro atoms. The number of carbonyl (C=O) groups is 5. The zero-order valence-electron chi connectivity index (χ0n) is 15.0. The van der Waals surface area contributed by atoms with Gasteiger partial charge >= 0.3 is 0 Å². The number of nitrogens with zero attached hydrogens (tertiary/aromatic N) is 1. The number of hydrogen-bond donors (Lipinski definition) is 4. The largest absolute Gasteiger partial charge is 0.352 e. The van der Waals surface area contributed by atoms with Crippen molar-refractivity contribution in [3.63, 3.8) is 0 Å². The van der Waals surface area contributed by atoms with Gasteiger partial charge in [0.15, 0.2) is 0 Å². The van der Waals surface area contributed by atoms with E-state index in [1.807, 2.05) is 0 Å². The first-order chi connectivity index (χ1) is 13.4. The predicted molar refractivity (Wildman–Crippen MR) is 93.5 cm³/mol. The summed E-state index contributed by atoms with van der Waals surface area (Å²) in [6.45, 7) is 0.484. The standard InChI is InChI=1S/C18H20N4O6/c23-14(5-6-16(25)21-28)19-8-10-1-2-12-11(7-10)9-22(18(12)27)13-3-4-15(24)20-17(13)26/h1-2,7,13,28H,3-6,8-9H2,(H,19,23)(H,21,25)(H,20,24,26). The zero-order chi connectivity index (χ0) is 20.3. The van der Waals surface area contributed by atoms with E-state index in [4.69, 9.17) is 5.21 Å². The smallest absolute Gasteiger partial charge is 0.255 e. The summed E-state index contributed by atoms with van der Waals surface area (Å²) >= 11 is 0. The number of amides is 5. The third-order valence-electron chi connectivity index (χ3n) is 4.78. The van der Waals surface area contributed by atoms with Gasteiger partial charge in [0, 0.05) is 37.9 Å². The molecule has 2 aliphatic rings. The number of carbonyl (C=O) groups excluding carboxylic acids is 5. The highest BCUT2D eigenvalue weighted by Gasteiger charge is 2.38. The number of hydrogen-bond acceptors (Lipinski definition) is 6. The van der Waals surface area contributed by atoms with Crippen LogP contribution in [0.25, 0.3) is 0 Å². The van der Waals surface area contributed by atoms with Crippen LogP contribution in [0.2, 0.25) is 0 Å². The fourth-order valence-electron chi connectivity index (χ4n) is 3.31. The lowest BCUT2D eigenvalue weighted by Gasteiger charge is -2.29. The van der Waals surface area contributed by atoms with Crippen molar-refractivity contribution in [3.05, 3.63) is 34.9 Å². The number of hydroxylamine groups is 1. The Morgan fingerprint density at radius 3 is 2.64 bits per heavy atom. The Bertz CT molecular complexity index is 852. The molecule has 5 amide bonds. The number of rotatable bonds is 6. The second kappa shape index (κ2) is 8.17. The molecule has 10 nitrogen and oxygen atoms in total. The minimum Gasteiger partial charge on any atom is -0.352 e. The van der Waals surface area contributed by atoms with E-state index in [1.54, 1.807) is 18.2 Å². The average molecular weight is 388 g/mol. The van der Waals surface area contributed by atoms with Gasteiger partial charge in [-0.1, -0.05) is 12.1 Å². The summed E-state index contributed by atoms with van der Waals surface area (Å²) in [4.78, 5) is 60.1. The molecule has 1 saturated heterocycles. The van der Waals surface area contributed by atoms with Crippen molar-refractivity contribution in [3.8, 4) is 0 Å². The number of nitrogens with one attached hydrogen (secondary N) is 3. The van der Waals surface area contributed by atoms with Gasteiger partial charge in [-0.2, -0.15) is 0 Å². The van der Waals surface area contributed by atoms with Gasteiger partial charge in [0.1, 0.15) is 6.04 Å². The predicted octanol–water partition coefficient (Wildman–Crippen LogP) is -0.651. The molecule has 1 atom stereocenters. The average Bonchev–Trinajstić information content (AvgIpc) is 3.00. The van der Waals surface area contributed by atoms with Crippen molar-refractivity contribution in [2.24, 2.45) is 0 Å². The van der Waals surface area contributed by atoms with Crippen molar-refractivity contribution in [2.45, 2.75) is 44.8 Å². The van der Waals surface area contributed by atoms with Gasteiger partial charge in [0.05, 0.1) is 0 Å². The maximum absolute atomic E-state index is 12.6. The Kier molecular flexibility index (Phi) is 5.69. The molecule has 10 heteroatoms. The molecule has 1 unspecified atom stereocenters. The summed E-state index contributed by atoms with van der Waals surface area (Å²) in [7, 11) is 0. The first kappa shape index (κ1) is 19.5. The number of imide groups is 1.